The van der Waals surface area contributed by atoms with E-state index in [1.807, 2.05) is 0 Å². The largest absolute Gasteiger partial charge is 0.315 e. The number of carbonyl (C=O) groups excluding carboxylic acids is 1. The zero-order valence-corrected chi connectivity index (χ0v) is 16.4. The summed E-state index contributed by atoms with van der Waals surface area (Å²) in [7, 11) is -3.17. The molecule has 1 aromatic carbocycles. The third-order valence-corrected chi connectivity index (χ3v) is 7.60. The number of halogens is 2. The van der Waals surface area contributed by atoms with Gasteiger partial charge in [-0.25, -0.2) is 12.8 Å². The van der Waals surface area contributed by atoms with E-state index in [4.69, 9.17) is 11.6 Å². The lowest BCUT2D eigenvalue weighted by atomic mass is 9.96. The van der Waals surface area contributed by atoms with Gasteiger partial charge in [0, 0.05) is 16.4 Å². The molecule has 5 nitrogen and oxygen atoms in total. The maximum Gasteiger partial charge on any atom is 0.253 e. The van der Waals surface area contributed by atoms with E-state index in [-0.39, 0.29) is 33.7 Å². The monoisotopic (exact) mass is 404 g/mol. The quantitative estimate of drug-likeness (QED) is 0.719. The highest BCUT2D eigenvalue weighted by Gasteiger charge is 2.49. The molecule has 2 atom stereocenters. The number of aliphatic imine (C=N–C) groups is 1. The Hall–Kier alpha value is -1.12. The minimum atomic E-state index is -3.17. The van der Waals surface area contributed by atoms with Crippen LogP contribution in [0.1, 0.15) is 20.8 Å². The van der Waals surface area contributed by atoms with E-state index < -0.39 is 21.1 Å². The zero-order valence-electron chi connectivity index (χ0n) is 14.0. The minimum absolute atomic E-state index is 0.0181. The molecule has 0 aromatic heterocycles. The summed E-state index contributed by atoms with van der Waals surface area (Å²) in [5.41, 5.74) is -0.215. The summed E-state index contributed by atoms with van der Waals surface area (Å²) in [5.74, 6) is -0.929. The molecule has 2 aliphatic rings. The van der Waals surface area contributed by atoms with E-state index >= 15 is 0 Å². The predicted octanol–water partition coefficient (Wildman–Crippen LogP) is 3.13. The lowest BCUT2D eigenvalue weighted by molar-refractivity contribution is -0.124. The van der Waals surface area contributed by atoms with Crippen LogP contribution in [0, 0.1) is 11.2 Å². The third kappa shape index (κ3) is 3.71. The van der Waals surface area contributed by atoms with Crippen LogP contribution in [0.2, 0.25) is 5.02 Å². The number of rotatable bonds is 1. The molecule has 9 heteroatoms. The molecular formula is C16H18ClFN2O3S2. The van der Waals surface area contributed by atoms with Gasteiger partial charge in [0.25, 0.3) is 5.91 Å². The van der Waals surface area contributed by atoms with E-state index in [2.05, 4.69) is 4.99 Å². The molecule has 2 saturated heterocycles. The molecule has 3 rings (SSSR count). The molecule has 2 aliphatic heterocycles. The van der Waals surface area contributed by atoms with Crippen molar-refractivity contribution in [3.05, 3.63) is 29.0 Å². The summed E-state index contributed by atoms with van der Waals surface area (Å²) in [6.07, 6.45) is 0. The number of sulfone groups is 1. The summed E-state index contributed by atoms with van der Waals surface area (Å²) in [6.45, 7) is 5.28. The van der Waals surface area contributed by atoms with Gasteiger partial charge in [0.2, 0.25) is 0 Å². The summed E-state index contributed by atoms with van der Waals surface area (Å²) in [6, 6.07) is 3.89. The van der Waals surface area contributed by atoms with Crippen molar-refractivity contribution >= 4 is 50.0 Å². The number of anilines is 1. The molecule has 1 amide bonds. The number of carbonyl (C=O) groups is 1. The van der Waals surface area contributed by atoms with Gasteiger partial charge in [0.1, 0.15) is 5.82 Å². The van der Waals surface area contributed by atoms with Crippen LogP contribution in [0.15, 0.2) is 23.2 Å². The number of nitrogens with zero attached hydrogens (tertiary/aromatic N) is 2. The summed E-state index contributed by atoms with van der Waals surface area (Å²) in [5, 5.41) is 0.164. The Balaban J connectivity index is 2.05. The maximum atomic E-state index is 13.9. The van der Waals surface area contributed by atoms with Crippen LogP contribution in [-0.2, 0) is 14.6 Å². The second kappa shape index (κ2) is 6.25. The van der Waals surface area contributed by atoms with Gasteiger partial charge in [-0.05, 0) is 18.2 Å². The smallest absolute Gasteiger partial charge is 0.253 e. The number of thioether (sulfide) groups is 1. The van der Waals surface area contributed by atoms with Crippen LogP contribution in [0.3, 0.4) is 0 Å². The second-order valence-corrected chi connectivity index (χ2v) is 11.0. The van der Waals surface area contributed by atoms with Gasteiger partial charge < -0.3 is 4.90 Å². The van der Waals surface area contributed by atoms with Crippen LogP contribution < -0.4 is 4.90 Å². The molecule has 0 radical (unpaired) electrons. The van der Waals surface area contributed by atoms with Gasteiger partial charge in [-0.1, -0.05) is 44.1 Å². The molecule has 0 saturated carbocycles. The first-order chi connectivity index (χ1) is 11.5. The van der Waals surface area contributed by atoms with E-state index in [0.717, 1.165) is 0 Å². The SMILES string of the molecule is CC(C)(C)C(=O)N=C1S[C@@H]2CS(=O)(=O)C[C@H]2N1c1ccc(Cl)c(F)c1. The molecular weight excluding hydrogens is 387 g/mol. The molecule has 0 aliphatic carbocycles. The predicted molar refractivity (Wildman–Crippen MR) is 99.6 cm³/mol. The van der Waals surface area contributed by atoms with Crippen molar-refractivity contribution in [2.45, 2.75) is 32.1 Å². The second-order valence-electron chi connectivity index (χ2n) is 7.22. The molecule has 2 fully saturated rings. The van der Waals surface area contributed by atoms with Crippen LogP contribution in [0.4, 0.5) is 10.1 Å². The zero-order chi connectivity index (χ0) is 18.6. The van der Waals surface area contributed by atoms with Crippen molar-refractivity contribution in [1.82, 2.24) is 0 Å². The Morgan fingerprint density at radius 3 is 2.64 bits per heavy atom. The Kier molecular flexibility index (Phi) is 4.66. The van der Waals surface area contributed by atoms with Crippen molar-refractivity contribution in [3.8, 4) is 0 Å². The molecule has 0 unspecified atom stereocenters. The average Bonchev–Trinajstić information content (AvgIpc) is 2.92. The molecule has 0 spiro atoms. The number of benzene rings is 1. The number of hydrogen-bond donors (Lipinski definition) is 0. The molecule has 25 heavy (non-hydrogen) atoms. The first-order valence-electron chi connectivity index (χ1n) is 7.72. The number of amides is 1. The lowest BCUT2D eigenvalue weighted by Crippen LogP contribution is -2.38. The van der Waals surface area contributed by atoms with Crippen molar-refractivity contribution in [3.63, 3.8) is 0 Å². The van der Waals surface area contributed by atoms with Crippen LogP contribution in [0.25, 0.3) is 0 Å². The van der Waals surface area contributed by atoms with E-state index in [1.165, 1.54) is 23.9 Å². The summed E-state index contributed by atoms with van der Waals surface area (Å²) in [4.78, 5) is 18.2. The average molecular weight is 405 g/mol. The Morgan fingerprint density at radius 1 is 1.36 bits per heavy atom. The normalized spacial score (nSPS) is 26.9. The van der Waals surface area contributed by atoms with E-state index in [1.54, 1.807) is 31.7 Å². The van der Waals surface area contributed by atoms with Crippen molar-refractivity contribution < 1.29 is 17.6 Å². The highest BCUT2D eigenvalue weighted by Crippen LogP contribution is 2.41. The Morgan fingerprint density at radius 2 is 2.04 bits per heavy atom. The number of hydrogen-bond acceptors (Lipinski definition) is 4. The van der Waals surface area contributed by atoms with E-state index in [9.17, 15) is 17.6 Å². The fourth-order valence-electron chi connectivity index (χ4n) is 2.76. The topological polar surface area (TPSA) is 66.8 Å². The van der Waals surface area contributed by atoms with Crippen LogP contribution in [-0.4, -0.2) is 42.3 Å². The van der Waals surface area contributed by atoms with Gasteiger partial charge in [0.05, 0.1) is 22.6 Å². The van der Waals surface area contributed by atoms with Gasteiger partial charge in [-0.15, -0.1) is 0 Å². The number of amidine groups is 1. The first-order valence-corrected chi connectivity index (χ1v) is 10.8. The standard InChI is InChI=1S/C16H18ClFN2O3S2/c1-16(2,3)14(21)19-15-20(9-4-5-10(17)11(18)6-9)12-7-25(22,23)8-13(12)24-15/h4-6,12-13H,7-8H2,1-3H3/t12-,13-/m1/s1. The molecule has 0 N–H and O–H groups in total. The highest BCUT2D eigenvalue weighted by molar-refractivity contribution is 8.16. The van der Waals surface area contributed by atoms with Gasteiger partial charge in [-0.3, -0.25) is 4.79 Å². The fourth-order valence-corrected chi connectivity index (χ4v) is 6.79. The minimum Gasteiger partial charge on any atom is -0.315 e. The Bertz CT molecular complexity index is 865. The first kappa shape index (κ1) is 18.7. The maximum absolute atomic E-state index is 13.9. The van der Waals surface area contributed by atoms with E-state index in [0.29, 0.717) is 10.9 Å². The molecule has 2 heterocycles. The van der Waals surface area contributed by atoms with Crippen LogP contribution in [0.5, 0.6) is 0 Å². The molecule has 0 bridgehead atoms. The number of fused-ring (bicyclic) bond motifs is 1. The summed E-state index contributed by atoms with van der Waals surface area (Å²) < 4.78 is 37.9. The van der Waals surface area contributed by atoms with Gasteiger partial charge in [-0.2, -0.15) is 4.99 Å². The van der Waals surface area contributed by atoms with Crippen molar-refractivity contribution in [1.29, 1.82) is 0 Å². The Labute approximate surface area is 155 Å². The lowest BCUT2D eigenvalue weighted by Gasteiger charge is -2.25. The molecule has 136 valence electrons. The van der Waals surface area contributed by atoms with Gasteiger partial charge >= 0.3 is 0 Å². The van der Waals surface area contributed by atoms with Crippen LogP contribution >= 0.6 is 23.4 Å². The summed E-state index contributed by atoms with van der Waals surface area (Å²) >= 11 is 7.01. The molecule has 1 aromatic rings. The third-order valence-electron chi connectivity index (χ3n) is 4.09. The van der Waals surface area contributed by atoms with Crippen molar-refractivity contribution in [2.75, 3.05) is 16.4 Å². The van der Waals surface area contributed by atoms with Crippen molar-refractivity contribution in [2.24, 2.45) is 10.4 Å². The highest BCUT2D eigenvalue weighted by atomic mass is 35.5. The van der Waals surface area contributed by atoms with Gasteiger partial charge in [0.15, 0.2) is 15.0 Å². The fraction of sp³-hybridized carbons (Fsp3) is 0.500.